The topological polar surface area (TPSA) is 47.6 Å². The van der Waals surface area contributed by atoms with Crippen LogP contribution in [0.15, 0.2) is 48.5 Å². The average Bonchev–Trinajstić information content (AvgIpc) is 2.65. The Hall–Kier alpha value is -2.49. The van der Waals surface area contributed by atoms with Crippen LogP contribution in [0.5, 0.6) is 11.5 Å². The first-order valence-electron chi connectivity index (χ1n) is 9.68. The van der Waals surface area contributed by atoms with Gasteiger partial charge in [-0.3, -0.25) is 4.79 Å². The Bertz CT molecular complexity index is 762. The molecule has 2 aromatic rings. The summed E-state index contributed by atoms with van der Waals surface area (Å²) in [4.78, 5) is 12.3. The number of ether oxygens (including phenoxy) is 2. The standard InChI is InChI=1S/C23H29NO3/c1-23(2,3)17-10-12-18(13-11-17)26-15-6-9-22(25)24-20-14-16-27-21-8-5-4-7-19(20)21/h4-5,7-8,10-13,20H,6,9,14-16H2,1-3H3,(H,24,25). The molecule has 0 saturated carbocycles. The lowest BCUT2D eigenvalue weighted by molar-refractivity contribution is -0.122. The van der Waals surface area contributed by atoms with Gasteiger partial charge in [-0.2, -0.15) is 0 Å². The van der Waals surface area contributed by atoms with Crippen molar-refractivity contribution in [2.24, 2.45) is 0 Å². The summed E-state index contributed by atoms with van der Waals surface area (Å²) in [6.07, 6.45) is 1.96. The summed E-state index contributed by atoms with van der Waals surface area (Å²) in [6.45, 7) is 7.75. The van der Waals surface area contributed by atoms with E-state index in [1.54, 1.807) is 0 Å². The maximum absolute atomic E-state index is 12.3. The molecular formula is C23H29NO3. The molecule has 0 saturated heterocycles. The number of fused-ring (bicyclic) bond motifs is 1. The molecule has 1 aliphatic rings. The minimum absolute atomic E-state index is 0.0355. The molecule has 1 N–H and O–H groups in total. The minimum atomic E-state index is 0.0355. The summed E-state index contributed by atoms with van der Waals surface area (Å²) in [6, 6.07) is 16.1. The number of amides is 1. The molecule has 144 valence electrons. The van der Waals surface area contributed by atoms with Crippen LogP contribution in [0, 0.1) is 0 Å². The van der Waals surface area contributed by atoms with Gasteiger partial charge in [-0.1, -0.05) is 51.1 Å². The van der Waals surface area contributed by atoms with Gasteiger partial charge in [0.1, 0.15) is 11.5 Å². The Kier molecular flexibility index (Phi) is 6.04. The van der Waals surface area contributed by atoms with Gasteiger partial charge in [0.05, 0.1) is 19.3 Å². The predicted molar refractivity (Wildman–Crippen MR) is 107 cm³/mol. The van der Waals surface area contributed by atoms with E-state index < -0.39 is 0 Å². The molecule has 1 atom stereocenters. The molecule has 0 aromatic heterocycles. The van der Waals surface area contributed by atoms with Gasteiger partial charge in [0.25, 0.3) is 0 Å². The molecule has 1 unspecified atom stereocenters. The fourth-order valence-electron chi connectivity index (χ4n) is 3.23. The monoisotopic (exact) mass is 367 g/mol. The molecule has 0 aliphatic carbocycles. The van der Waals surface area contributed by atoms with Crippen molar-refractivity contribution in [3.63, 3.8) is 0 Å². The third-order valence-electron chi connectivity index (χ3n) is 4.83. The summed E-state index contributed by atoms with van der Waals surface area (Å²) < 4.78 is 11.4. The summed E-state index contributed by atoms with van der Waals surface area (Å²) in [5.41, 5.74) is 2.48. The number of nitrogens with one attached hydrogen (secondary N) is 1. The van der Waals surface area contributed by atoms with E-state index in [1.165, 1.54) is 5.56 Å². The van der Waals surface area contributed by atoms with Crippen LogP contribution in [-0.4, -0.2) is 19.1 Å². The number of benzene rings is 2. The number of hydrogen-bond acceptors (Lipinski definition) is 3. The van der Waals surface area contributed by atoms with Crippen LogP contribution in [0.1, 0.15) is 57.2 Å². The molecule has 0 spiro atoms. The molecular weight excluding hydrogens is 338 g/mol. The van der Waals surface area contributed by atoms with Crippen LogP contribution in [0.25, 0.3) is 0 Å². The maximum atomic E-state index is 12.3. The molecule has 27 heavy (non-hydrogen) atoms. The van der Waals surface area contributed by atoms with Crippen LogP contribution in [0.2, 0.25) is 0 Å². The zero-order chi connectivity index (χ0) is 19.3. The van der Waals surface area contributed by atoms with Gasteiger partial charge >= 0.3 is 0 Å². The number of carbonyl (C=O) groups is 1. The van der Waals surface area contributed by atoms with E-state index >= 15 is 0 Å². The Morgan fingerprint density at radius 2 is 1.89 bits per heavy atom. The smallest absolute Gasteiger partial charge is 0.220 e. The molecule has 1 amide bonds. The zero-order valence-electron chi connectivity index (χ0n) is 16.5. The fourth-order valence-corrected chi connectivity index (χ4v) is 3.23. The van der Waals surface area contributed by atoms with Crippen molar-refractivity contribution in [2.75, 3.05) is 13.2 Å². The second-order valence-corrected chi connectivity index (χ2v) is 8.02. The van der Waals surface area contributed by atoms with Crippen molar-refractivity contribution in [3.05, 3.63) is 59.7 Å². The highest BCUT2D eigenvalue weighted by Gasteiger charge is 2.22. The summed E-state index contributed by atoms with van der Waals surface area (Å²) in [7, 11) is 0. The van der Waals surface area contributed by atoms with Crippen molar-refractivity contribution in [3.8, 4) is 11.5 Å². The lowest BCUT2D eigenvalue weighted by Gasteiger charge is -2.26. The van der Waals surface area contributed by atoms with Crippen LogP contribution < -0.4 is 14.8 Å². The van der Waals surface area contributed by atoms with Crippen molar-refractivity contribution in [1.29, 1.82) is 0 Å². The molecule has 2 aromatic carbocycles. The van der Waals surface area contributed by atoms with Crippen LogP contribution in [0.3, 0.4) is 0 Å². The molecule has 1 heterocycles. The van der Waals surface area contributed by atoms with Crippen LogP contribution in [0.4, 0.5) is 0 Å². The first kappa shape index (κ1) is 19.3. The summed E-state index contributed by atoms with van der Waals surface area (Å²) in [5.74, 6) is 1.78. The van der Waals surface area contributed by atoms with Gasteiger partial charge < -0.3 is 14.8 Å². The van der Waals surface area contributed by atoms with E-state index in [4.69, 9.17) is 9.47 Å². The largest absolute Gasteiger partial charge is 0.494 e. The van der Waals surface area contributed by atoms with Gasteiger partial charge in [0.15, 0.2) is 0 Å². The van der Waals surface area contributed by atoms with E-state index in [1.807, 2.05) is 36.4 Å². The third kappa shape index (κ3) is 5.25. The van der Waals surface area contributed by atoms with Gasteiger partial charge in [-0.05, 0) is 35.6 Å². The average molecular weight is 367 g/mol. The van der Waals surface area contributed by atoms with Gasteiger partial charge in [-0.25, -0.2) is 0 Å². The maximum Gasteiger partial charge on any atom is 0.220 e. The van der Waals surface area contributed by atoms with Crippen molar-refractivity contribution in [1.82, 2.24) is 5.32 Å². The second kappa shape index (κ2) is 8.47. The number of carbonyl (C=O) groups excluding carboxylic acids is 1. The van der Waals surface area contributed by atoms with Gasteiger partial charge in [0, 0.05) is 18.4 Å². The van der Waals surface area contributed by atoms with E-state index in [0.29, 0.717) is 26.1 Å². The Morgan fingerprint density at radius 1 is 1.15 bits per heavy atom. The Labute approximate surface area is 161 Å². The zero-order valence-corrected chi connectivity index (χ0v) is 16.5. The first-order valence-corrected chi connectivity index (χ1v) is 9.68. The Morgan fingerprint density at radius 3 is 2.63 bits per heavy atom. The molecule has 0 bridgehead atoms. The Balaban J connectivity index is 1.42. The van der Waals surface area contributed by atoms with E-state index in [2.05, 4.69) is 38.2 Å². The predicted octanol–water partition coefficient (Wildman–Crippen LogP) is 4.78. The van der Waals surface area contributed by atoms with E-state index in [9.17, 15) is 4.79 Å². The number of rotatable bonds is 6. The normalized spacial score (nSPS) is 16.2. The third-order valence-corrected chi connectivity index (χ3v) is 4.83. The molecule has 3 rings (SSSR count). The highest BCUT2D eigenvalue weighted by atomic mass is 16.5. The lowest BCUT2D eigenvalue weighted by Crippen LogP contribution is -2.32. The van der Waals surface area contributed by atoms with E-state index in [-0.39, 0.29) is 17.4 Å². The molecule has 0 radical (unpaired) electrons. The highest BCUT2D eigenvalue weighted by Crippen LogP contribution is 2.31. The lowest BCUT2D eigenvalue weighted by atomic mass is 9.87. The molecule has 0 fully saturated rings. The summed E-state index contributed by atoms with van der Waals surface area (Å²) >= 11 is 0. The van der Waals surface area contributed by atoms with Crippen molar-refractivity contribution < 1.29 is 14.3 Å². The second-order valence-electron chi connectivity index (χ2n) is 8.02. The van der Waals surface area contributed by atoms with Crippen molar-refractivity contribution >= 4 is 5.91 Å². The van der Waals surface area contributed by atoms with Crippen molar-refractivity contribution in [2.45, 2.75) is 51.5 Å². The highest BCUT2D eigenvalue weighted by molar-refractivity contribution is 5.76. The quantitative estimate of drug-likeness (QED) is 0.747. The van der Waals surface area contributed by atoms with Gasteiger partial charge in [0.2, 0.25) is 5.91 Å². The SMILES string of the molecule is CC(C)(C)c1ccc(OCCCC(=O)NC2CCOc3ccccc32)cc1. The number of para-hydroxylation sites is 1. The summed E-state index contributed by atoms with van der Waals surface area (Å²) in [5, 5.41) is 3.12. The molecule has 4 nitrogen and oxygen atoms in total. The fraction of sp³-hybridized carbons (Fsp3) is 0.435. The first-order chi connectivity index (χ1) is 12.9. The number of hydrogen-bond donors (Lipinski definition) is 1. The van der Waals surface area contributed by atoms with Crippen LogP contribution in [-0.2, 0) is 10.2 Å². The molecule has 1 aliphatic heterocycles. The van der Waals surface area contributed by atoms with Gasteiger partial charge in [-0.15, -0.1) is 0 Å². The van der Waals surface area contributed by atoms with Crippen LogP contribution >= 0.6 is 0 Å². The minimum Gasteiger partial charge on any atom is -0.494 e. The van der Waals surface area contributed by atoms with E-state index in [0.717, 1.165) is 23.5 Å². The molecule has 4 heteroatoms.